The molecule has 19 heavy (non-hydrogen) atoms. The summed E-state index contributed by atoms with van der Waals surface area (Å²) >= 11 is 0. The summed E-state index contributed by atoms with van der Waals surface area (Å²) in [6, 6.07) is 5.33. The molecule has 0 saturated carbocycles. The van der Waals surface area contributed by atoms with Crippen LogP contribution in [0.4, 0.5) is 13.2 Å². The molecule has 0 aromatic heterocycles. The van der Waals surface area contributed by atoms with E-state index >= 15 is 0 Å². The molecule has 0 aliphatic rings. The van der Waals surface area contributed by atoms with Gasteiger partial charge in [-0.1, -0.05) is 38.5 Å². The van der Waals surface area contributed by atoms with Crippen molar-refractivity contribution in [1.82, 2.24) is 0 Å². The summed E-state index contributed by atoms with van der Waals surface area (Å²) in [5.41, 5.74) is -0.0338. The maximum Gasteiger partial charge on any atom is 0.416 e. The highest BCUT2D eigenvalue weighted by Gasteiger charge is 2.31. The van der Waals surface area contributed by atoms with E-state index in [2.05, 4.69) is 0 Å². The Hall–Kier alpha value is -1.32. The van der Waals surface area contributed by atoms with Gasteiger partial charge in [0.05, 0.1) is 5.56 Å². The fourth-order valence-electron chi connectivity index (χ4n) is 2.12. The predicted molar refractivity (Wildman–Crippen MR) is 69.0 cm³/mol. The van der Waals surface area contributed by atoms with E-state index in [1.54, 1.807) is 13.0 Å². The van der Waals surface area contributed by atoms with E-state index in [0.717, 1.165) is 18.9 Å². The number of hydrogen-bond donors (Lipinski definition) is 0. The maximum absolute atomic E-state index is 12.7. The second kappa shape index (κ2) is 6.73. The van der Waals surface area contributed by atoms with E-state index in [0.29, 0.717) is 18.4 Å². The fraction of sp³-hybridized carbons (Fsp3) is 0.533. The van der Waals surface area contributed by atoms with Crippen molar-refractivity contribution < 1.29 is 18.0 Å². The highest BCUT2D eigenvalue weighted by Crippen LogP contribution is 2.33. The number of carbonyl (C=O) groups excluding carboxylic acids is 1. The zero-order valence-electron chi connectivity index (χ0n) is 11.3. The van der Waals surface area contributed by atoms with Gasteiger partial charge in [-0.25, -0.2) is 0 Å². The summed E-state index contributed by atoms with van der Waals surface area (Å²) in [6.45, 7) is 3.74. The fourth-order valence-corrected chi connectivity index (χ4v) is 2.12. The van der Waals surface area contributed by atoms with Crippen molar-refractivity contribution in [2.45, 2.75) is 51.6 Å². The lowest BCUT2D eigenvalue weighted by molar-refractivity contribution is -0.137. The van der Waals surface area contributed by atoms with Crippen molar-refractivity contribution >= 4 is 5.78 Å². The molecule has 0 fully saturated rings. The highest BCUT2D eigenvalue weighted by molar-refractivity contribution is 5.78. The third-order valence-corrected chi connectivity index (χ3v) is 3.19. The van der Waals surface area contributed by atoms with Crippen LogP contribution in [-0.2, 0) is 11.0 Å². The van der Waals surface area contributed by atoms with Crippen LogP contribution in [0.5, 0.6) is 0 Å². The summed E-state index contributed by atoms with van der Waals surface area (Å²) in [5, 5.41) is 0. The molecular formula is C15H19F3O. The molecule has 106 valence electrons. The smallest absolute Gasteiger partial charge is 0.300 e. The normalized spacial score (nSPS) is 13.3. The van der Waals surface area contributed by atoms with Crippen LogP contribution < -0.4 is 0 Å². The topological polar surface area (TPSA) is 17.1 Å². The molecule has 0 radical (unpaired) electrons. The van der Waals surface area contributed by atoms with Crippen LogP contribution in [0.1, 0.15) is 56.6 Å². The standard InChI is InChI=1S/C15H19F3O/c1-3-6-11(10-14(19)4-2)12-7-5-8-13(9-12)15(16,17)18/h5,7-9,11H,3-4,6,10H2,1-2H3. The maximum atomic E-state index is 12.7. The Morgan fingerprint density at radius 2 is 1.95 bits per heavy atom. The lowest BCUT2D eigenvalue weighted by Gasteiger charge is -2.17. The highest BCUT2D eigenvalue weighted by atomic mass is 19.4. The van der Waals surface area contributed by atoms with Gasteiger partial charge in [0.2, 0.25) is 0 Å². The van der Waals surface area contributed by atoms with Crippen molar-refractivity contribution in [3.05, 3.63) is 35.4 Å². The van der Waals surface area contributed by atoms with Gasteiger partial charge >= 0.3 is 6.18 Å². The molecule has 0 N–H and O–H groups in total. The van der Waals surface area contributed by atoms with Crippen LogP contribution >= 0.6 is 0 Å². The number of carbonyl (C=O) groups is 1. The molecule has 0 spiro atoms. The molecular weight excluding hydrogens is 253 g/mol. The molecule has 0 aliphatic carbocycles. The van der Waals surface area contributed by atoms with Crippen LogP contribution in [0.3, 0.4) is 0 Å². The molecule has 1 nitrogen and oxygen atoms in total. The Bertz CT molecular complexity index is 424. The summed E-state index contributed by atoms with van der Waals surface area (Å²) < 4.78 is 38.0. The van der Waals surface area contributed by atoms with Crippen LogP contribution in [0.15, 0.2) is 24.3 Å². The molecule has 0 aliphatic heterocycles. The van der Waals surface area contributed by atoms with Crippen LogP contribution in [0.2, 0.25) is 0 Å². The van der Waals surface area contributed by atoms with Gasteiger partial charge in [0.15, 0.2) is 0 Å². The Labute approximate surface area is 111 Å². The molecule has 0 saturated heterocycles. The largest absolute Gasteiger partial charge is 0.416 e. The Morgan fingerprint density at radius 3 is 2.47 bits per heavy atom. The SMILES string of the molecule is CCCC(CC(=O)CC)c1cccc(C(F)(F)F)c1. The second-order valence-corrected chi connectivity index (χ2v) is 4.71. The van der Waals surface area contributed by atoms with Crippen LogP contribution in [0.25, 0.3) is 0 Å². The number of ketones is 1. The van der Waals surface area contributed by atoms with Gasteiger partial charge < -0.3 is 0 Å². The summed E-state index contributed by atoms with van der Waals surface area (Å²) in [5.74, 6) is -0.0180. The van der Waals surface area contributed by atoms with Gasteiger partial charge in [0.25, 0.3) is 0 Å². The van der Waals surface area contributed by atoms with Crippen molar-refractivity contribution in [2.24, 2.45) is 0 Å². The third kappa shape index (κ3) is 4.69. The summed E-state index contributed by atoms with van der Waals surface area (Å²) in [6.07, 6.45) is -2.00. The van der Waals surface area contributed by atoms with E-state index in [9.17, 15) is 18.0 Å². The number of Topliss-reactive ketones (excluding diaryl/α,β-unsaturated/α-hetero) is 1. The minimum Gasteiger partial charge on any atom is -0.300 e. The Morgan fingerprint density at radius 1 is 1.26 bits per heavy atom. The average Bonchev–Trinajstić information content (AvgIpc) is 2.37. The first-order valence-electron chi connectivity index (χ1n) is 6.57. The molecule has 0 bridgehead atoms. The lowest BCUT2D eigenvalue weighted by Crippen LogP contribution is -2.09. The van der Waals surface area contributed by atoms with Gasteiger partial charge in [0.1, 0.15) is 5.78 Å². The monoisotopic (exact) mass is 272 g/mol. The summed E-state index contributed by atoms with van der Waals surface area (Å²) in [7, 11) is 0. The van der Waals surface area contributed by atoms with Crippen molar-refractivity contribution in [1.29, 1.82) is 0 Å². The second-order valence-electron chi connectivity index (χ2n) is 4.71. The van der Waals surface area contributed by atoms with Crippen molar-refractivity contribution in [3.8, 4) is 0 Å². The zero-order valence-corrected chi connectivity index (χ0v) is 11.3. The zero-order chi connectivity index (χ0) is 14.5. The van der Waals surface area contributed by atoms with E-state index in [4.69, 9.17) is 0 Å². The molecule has 1 aromatic carbocycles. The average molecular weight is 272 g/mol. The van der Waals surface area contributed by atoms with Gasteiger partial charge in [-0.05, 0) is 24.0 Å². The Balaban J connectivity index is 2.99. The molecule has 1 rings (SSSR count). The predicted octanol–water partition coefficient (Wildman–Crippen LogP) is 4.96. The number of hydrogen-bond acceptors (Lipinski definition) is 1. The first kappa shape index (κ1) is 15.7. The minimum atomic E-state index is -4.33. The molecule has 1 atom stereocenters. The third-order valence-electron chi connectivity index (χ3n) is 3.19. The van der Waals surface area contributed by atoms with E-state index in [-0.39, 0.29) is 11.7 Å². The Kier molecular flexibility index (Phi) is 5.58. The molecule has 0 heterocycles. The molecule has 0 amide bonds. The van der Waals surface area contributed by atoms with Gasteiger partial charge in [-0.2, -0.15) is 13.2 Å². The quantitative estimate of drug-likeness (QED) is 0.715. The first-order chi connectivity index (χ1) is 8.88. The van der Waals surface area contributed by atoms with E-state index in [1.807, 2.05) is 6.92 Å². The number of halogens is 3. The van der Waals surface area contributed by atoms with E-state index < -0.39 is 11.7 Å². The summed E-state index contributed by atoms with van der Waals surface area (Å²) in [4.78, 5) is 11.5. The minimum absolute atomic E-state index is 0.0934. The number of alkyl halides is 3. The van der Waals surface area contributed by atoms with Crippen LogP contribution in [-0.4, -0.2) is 5.78 Å². The lowest BCUT2D eigenvalue weighted by atomic mass is 9.88. The molecule has 4 heteroatoms. The molecule has 1 aromatic rings. The van der Waals surface area contributed by atoms with Crippen molar-refractivity contribution in [2.75, 3.05) is 0 Å². The first-order valence-corrected chi connectivity index (χ1v) is 6.57. The van der Waals surface area contributed by atoms with Gasteiger partial charge in [0, 0.05) is 12.8 Å². The van der Waals surface area contributed by atoms with Crippen molar-refractivity contribution in [3.63, 3.8) is 0 Å². The van der Waals surface area contributed by atoms with Crippen LogP contribution in [0, 0.1) is 0 Å². The number of rotatable bonds is 6. The number of benzene rings is 1. The van der Waals surface area contributed by atoms with Gasteiger partial charge in [-0.15, -0.1) is 0 Å². The van der Waals surface area contributed by atoms with E-state index in [1.165, 1.54) is 12.1 Å². The molecule has 1 unspecified atom stereocenters. The van der Waals surface area contributed by atoms with Gasteiger partial charge in [-0.3, -0.25) is 4.79 Å².